The van der Waals surface area contributed by atoms with Crippen LogP contribution in [0.5, 0.6) is 0 Å². The number of aromatic nitrogens is 1. The van der Waals surface area contributed by atoms with E-state index in [1.807, 2.05) is 12.3 Å². The summed E-state index contributed by atoms with van der Waals surface area (Å²) in [7, 11) is 2.73. The molecule has 0 bridgehead atoms. The molecule has 0 aliphatic heterocycles. The summed E-state index contributed by atoms with van der Waals surface area (Å²) in [5.41, 5.74) is 3.31. The first-order chi connectivity index (χ1) is 14.6. The number of nitrogens with zero attached hydrogens (tertiary/aromatic N) is 1. The second-order valence-electron chi connectivity index (χ2n) is 8.05. The minimum Gasteiger partial charge on any atom is -0.257 e. The molecule has 0 N–H and O–H groups in total. The highest BCUT2D eigenvalue weighted by molar-refractivity contribution is 7.17. The first-order valence-corrected chi connectivity index (χ1v) is 11.9. The van der Waals surface area contributed by atoms with Crippen molar-refractivity contribution in [2.24, 2.45) is 5.92 Å². The first-order valence-electron chi connectivity index (χ1n) is 11.2. The fourth-order valence-electron chi connectivity index (χ4n) is 3.78. The Morgan fingerprint density at radius 3 is 2.37 bits per heavy atom. The van der Waals surface area contributed by atoms with Crippen LogP contribution in [0.2, 0.25) is 0 Å². The Bertz CT molecular complexity index is 1100. The molecule has 1 aliphatic carbocycles. The maximum absolute atomic E-state index is 4.68. The number of pyridine rings is 1. The van der Waals surface area contributed by atoms with Crippen LogP contribution in [0.3, 0.4) is 0 Å². The molecule has 4 rings (SSSR count). The van der Waals surface area contributed by atoms with E-state index in [1.54, 1.807) is 0 Å². The van der Waals surface area contributed by atoms with Crippen LogP contribution in [0.15, 0.2) is 72.9 Å². The van der Waals surface area contributed by atoms with E-state index in [1.165, 1.54) is 33.2 Å². The SMILES string of the molecule is CCC(C)P.CCC=CCC1CC=c2cc3ccccc3cc2=C1c1ccccn1. The van der Waals surface area contributed by atoms with E-state index in [-0.39, 0.29) is 0 Å². The van der Waals surface area contributed by atoms with Gasteiger partial charge in [0, 0.05) is 6.20 Å². The summed E-state index contributed by atoms with van der Waals surface area (Å²) in [6.07, 6.45) is 13.4. The Hall–Kier alpha value is -2.24. The second-order valence-corrected chi connectivity index (χ2v) is 9.19. The number of benzene rings is 2. The molecule has 3 unspecified atom stereocenters. The van der Waals surface area contributed by atoms with Crippen molar-refractivity contribution in [3.05, 3.63) is 89.1 Å². The van der Waals surface area contributed by atoms with Crippen molar-refractivity contribution in [2.45, 2.75) is 52.1 Å². The monoisotopic (exact) mass is 415 g/mol. The molecule has 0 fully saturated rings. The fourth-order valence-corrected chi connectivity index (χ4v) is 3.78. The van der Waals surface area contributed by atoms with Gasteiger partial charge in [0.2, 0.25) is 0 Å². The summed E-state index contributed by atoms with van der Waals surface area (Å²) in [5.74, 6) is 0.492. The molecule has 30 heavy (non-hydrogen) atoms. The highest BCUT2D eigenvalue weighted by Crippen LogP contribution is 2.28. The standard InChI is InChI=1S/C24H23N.C4H11P/c1-2-3-4-9-18-13-14-21-16-19-10-5-6-11-20(19)17-22(21)24(18)23-12-7-8-15-25-23;1-3-4(2)5/h3-8,10-12,14-18H,2,9,13H2,1H3;4H,3,5H2,1-2H3. The van der Waals surface area contributed by atoms with Crippen molar-refractivity contribution in [3.8, 4) is 0 Å². The zero-order valence-corrected chi connectivity index (χ0v) is 19.7. The number of allylic oxidation sites excluding steroid dienone is 2. The zero-order valence-electron chi connectivity index (χ0n) is 18.5. The topological polar surface area (TPSA) is 12.9 Å². The maximum Gasteiger partial charge on any atom is 0.0670 e. The smallest absolute Gasteiger partial charge is 0.0670 e. The Kier molecular flexibility index (Phi) is 8.40. The van der Waals surface area contributed by atoms with Crippen molar-refractivity contribution in [2.75, 3.05) is 0 Å². The van der Waals surface area contributed by atoms with Gasteiger partial charge in [-0.3, -0.25) is 4.98 Å². The quantitative estimate of drug-likeness (QED) is 0.354. The van der Waals surface area contributed by atoms with Crippen molar-refractivity contribution in [1.29, 1.82) is 0 Å². The summed E-state index contributed by atoms with van der Waals surface area (Å²) in [4.78, 5) is 4.68. The maximum atomic E-state index is 4.68. The van der Waals surface area contributed by atoms with Crippen LogP contribution in [0, 0.1) is 5.92 Å². The zero-order chi connectivity index (χ0) is 21.3. The Morgan fingerprint density at radius 1 is 1.03 bits per heavy atom. The minimum absolute atomic E-state index is 0.492. The number of rotatable bonds is 5. The summed E-state index contributed by atoms with van der Waals surface area (Å²) in [5, 5.41) is 5.30. The molecule has 0 radical (unpaired) electrons. The highest BCUT2D eigenvalue weighted by Gasteiger charge is 2.19. The van der Waals surface area contributed by atoms with Crippen LogP contribution in [0.4, 0.5) is 0 Å². The van der Waals surface area contributed by atoms with E-state index in [0.29, 0.717) is 5.92 Å². The van der Waals surface area contributed by atoms with Gasteiger partial charge >= 0.3 is 0 Å². The highest BCUT2D eigenvalue weighted by atomic mass is 31.0. The summed E-state index contributed by atoms with van der Waals surface area (Å²) >= 11 is 0. The molecule has 0 saturated heterocycles. The molecule has 3 atom stereocenters. The number of hydrogen-bond acceptors (Lipinski definition) is 1. The van der Waals surface area contributed by atoms with Crippen molar-refractivity contribution >= 4 is 31.7 Å². The molecular formula is C28H34NP. The van der Waals surface area contributed by atoms with Crippen LogP contribution in [-0.4, -0.2) is 10.6 Å². The lowest BCUT2D eigenvalue weighted by molar-refractivity contribution is 0.697. The average Bonchev–Trinajstić information content (AvgIpc) is 2.78. The third-order valence-corrected chi connectivity index (χ3v) is 6.12. The molecule has 0 amide bonds. The fraction of sp³-hybridized carbons (Fsp3) is 0.321. The van der Waals surface area contributed by atoms with E-state index in [2.05, 4.69) is 102 Å². The lowest BCUT2D eigenvalue weighted by atomic mass is 9.83. The van der Waals surface area contributed by atoms with Crippen LogP contribution in [0.1, 0.15) is 52.1 Å². The predicted molar refractivity (Wildman–Crippen MR) is 136 cm³/mol. The molecule has 0 spiro atoms. The predicted octanol–water partition coefficient (Wildman–Crippen LogP) is 6.25. The second kappa shape index (κ2) is 11.2. The van der Waals surface area contributed by atoms with Gasteiger partial charge < -0.3 is 0 Å². The molecule has 1 nitrogen and oxygen atoms in total. The molecule has 1 aliphatic rings. The van der Waals surface area contributed by atoms with Crippen molar-refractivity contribution in [1.82, 2.24) is 4.98 Å². The molecule has 156 valence electrons. The number of fused-ring (bicyclic) bond motifs is 2. The van der Waals surface area contributed by atoms with Crippen LogP contribution >= 0.6 is 9.24 Å². The third-order valence-electron chi connectivity index (χ3n) is 5.65. The van der Waals surface area contributed by atoms with E-state index >= 15 is 0 Å². The lowest BCUT2D eigenvalue weighted by Crippen LogP contribution is -2.33. The molecular weight excluding hydrogens is 381 g/mol. The van der Waals surface area contributed by atoms with Gasteiger partial charge in [-0.15, -0.1) is 9.24 Å². The number of hydrogen-bond donors (Lipinski definition) is 0. The largest absolute Gasteiger partial charge is 0.257 e. The van der Waals surface area contributed by atoms with Gasteiger partial charge in [-0.2, -0.15) is 0 Å². The normalized spacial score (nSPS) is 16.5. The van der Waals surface area contributed by atoms with Gasteiger partial charge in [-0.05, 0) is 81.9 Å². The lowest BCUT2D eigenvalue weighted by Gasteiger charge is -2.21. The Balaban J connectivity index is 0.000000461. The molecule has 1 aromatic heterocycles. The van der Waals surface area contributed by atoms with Gasteiger partial charge in [-0.25, -0.2) is 0 Å². The minimum atomic E-state index is 0.492. The van der Waals surface area contributed by atoms with Gasteiger partial charge in [0.25, 0.3) is 0 Å². The Morgan fingerprint density at radius 2 is 1.73 bits per heavy atom. The van der Waals surface area contributed by atoms with Crippen LogP contribution in [-0.2, 0) is 0 Å². The van der Waals surface area contributed by atoms with Crippen LogP contribution in [0.25, 0.3) is 22.4 Å². The van der Waals surface area contributed by atoms with Gasteiger partial charge in [-0.1, -0.05) is 75.8 Å². The van der Waals surface area contributed by atoms with E-state index in [9.17, 15) is 0 Å². The van der Waals surface area contributed by atoms with Gasteiger partial charge in [0.15, 0.2) is 0 Å². The molecule has 1 heterocycles. The summed E-state index contributed by atoms with van der Waals surface area (Å²) < 4.78 is 0. The van der Waals surface area contributed by atoms with Crippen LogP contribution < -0.4 is 10.4 Å². The third kappa shape index (κ3) is 5.67. The van der Waals surface area contributed by atoms with Crippen molar-refractivity contribution < 1.29 is 0 Å². The van der Waals surface area contributed by atoms with E-state index in [0.717, 1.165) is 30.6 Å². The van der Waals surface area contributed by atoms with E-state index < -0.39 is 0 Å². The summed E-state index contributed by atoms with van der Waals surface area (Å²) in [6.45, 7) is 6.55. The van der Waals surface area contributed by atoms with Gasteiger partial charge in [0.05, 0.1) is 5.69 Å². The molecule has 3 aromatic rings. The van der Waals surface area contributed by atoms with E-state index in [4.69, 9.17) is 0 Å². The molecule has 0 saturated carbocycles. The van der Waals surface area contributed by atoms with Gasteiger partial charge in [0.1, 0.15) is 0 Å². The molecule has 2 heteroatoms. The average molecular weight is 416 g/mol. The summed E-state index contributed by atoms with van der Waals surface area (Å²) in [6, 6.07) is 19.5. The Labute approximate surface area is 183 Å². The first kappa shape index (κ1) is 22.4. The molecule has 2 aromatic carbocycles. The van der Waals surface area contributed by atoms with Crippen molar-refractivity contribution in [3.63, 3.8) is 0 Å².